The van der Waals surface area contributed by atoms with E-state index in [1.165, 1.54) is 11.3 Å². The molecule has 0 unspecified atom stereocenters. The zero-order valence-corrected chi connectivity index (χ0v) is 14.7. The summed E-state index contributed by atoms with van der Waals surface area (Å²) < 4.78 is 7.49. The number of aryl methyl sites for hydroxylation is 1. The maximum absolute atomic E-state index is 12.5. The summed E-state index contributed by atoms with van der Waals surface area (Å²) in [5, 5.41) is 2.73. The van der Waals surface area contributed by atoms with Crippen LogP contribution in [-0.2, 0) is 0 Å². The van der Waals surface area contributed by atoms with Crippen LogP contribution < -0.4 is 10.5 Å². The van der Waals surface area contributed by atoms with Crippen molar-refractivity contribution in [2.75, 3.05) is 6.61 Å². The van der Waals surface area contributed by atoms with Crippen molar-refractivity contribution in [2.24, 2.45) is 5.73 Å². The molecule has 3 aromatic rings. The van der Waals surface area contributed by atoms with Gasteiger partial charge < -0.3 is 10.5 Å². The number of carbonyl (C=O) groups is 2. The molecule has 1 amide bonds. The Kier molecular flexibility index (Phi) is 4.67. The average Bonchev–Trinajstić information content (AvgIpc) is 3.21. The summed E-state index contributed by atoms with van der Waals surface area (Å²) in [6.45, 7) is 3.75. The van der Waals surface area contributed by atoms with Gasteiger partial charge in [0, 0.05) is 34.1 Å². The van der Waals surface area contributed by atoms with Crippen molar-refractivity contribution in [3.05, 3.63) is 64.4 Å². The molecule has 1 aromatic carbocycles. The summed E-state index contributed by atoms with van der Waals surface area (Å²) in [6.07, 6.45) is 1.74. The number of benzene rings is 1. The third-order valence-corrected chi connectivity index (χ3v) is 4.61. The SMILES string of the molecule is Cc1cc(C(=O)COc2ccc(C(N)=O)cc2)c(C)n1-c1nccs1. The predicted octanol–water partition coefficient (Wildman–Crippen LogP) is 2.91. The number of nitrogens with zero attached hydrogens (tertiary/aromatic N) is 2. The van der Waals surface area contributed by atoms with Crippen molar-refractivity contribution in [3.63, 3.8) is 0 Å². The molecular formula is C18H17N3O3S. The minimum atomic E-state index is -0.503. The number of Topliss-reactive ketones (excluding diaryl/α,β-unsaturated/α-hetero) is 1. The van der Waals surface area contributed by atoms with Crippen molar-refractivity contribution in [1.29, 1.82) is 0 Å². The largest absolute Gasteiger partial charge is 0.485 e. The second-order valence-corrected chi connectivity index (χ2v) is 6.41. The van der Waals surface area contributed by atoms with Crippen molar-refractivity contribution in [1.82, 2.24) is 9.55 Å². The number of hydrogen-bond acceptors (Lipinski definition) is 5. The first-order chi connectivity index (χ1) is 12.0. The van der Waals surface area contributed by atoms with Crippen LogP contribution in [0.2, 0.25) is 0 Å². The number of carbonyl (C=O) groups excluding carboxylic acids is 2. The highest BCUT2D eigenvalue weighted by atomic mass is 32.1. The molecule has 0 aliphatic heterocycles. The van der Waals surface area contributed by atoms with Crippen molar-refractivity contribution in [2.45, 2.75) is 13.8 Å². The average molecular weight is 355 g/mol. The Hall–Kier alpha value is -2.93. The van der Waals surface area contributed by atoms with Gasteiger partial charge in [-0.2, -0.15) is 0 Å². The van der Waals surface area contributed by atoms with Gasteiger partial charge in [-0.05, 0) is 44.2 Å². The van der Waals surface area contributed by atoms with E-state index >= 15 is 0 Å². The highest BCUT2D eigenvalue weighted by Gasteiger charge is 2.18. The van der Waals surface area contributed by atoms with Crippen molar-refractivity contribution < 1.29 is 14.3 Å². The molecule has 0 atom stereocenters. The van der Waals surface area contributed by atoms with Crippen LogP contribution in [0, 0.1) is 13.8 Å². The van der Waals surface area contributed by atoms with Crippen LogP contribution in [0.1, 0.15) is 32.1 Å². The number of amides is 1. The second kappa shape index (κ2) is 6.90. The monoisotopic (exact) mass is 355 g/mol. The Morgan fingerprint density at radius 2 is 1.96 bits per heavy atom. The van der Waals surface area contributed by atoms with Crippen molar-refractivity contribution in [3.8, 4) is 10.9 Å². The summed E-state index contributed by atoms with van der Waals surface area (Å²) in [5.41, 5.74) is 7.99. The first-order valence-corrected chi connectivity index (χ1v) is 8.50. The van der Waals surface area contributed by atoms with Gasteiger partial charge in [0.25, 0.3) is 0 Å². The number of nitrogens with two attached hydrogens (primary N) is 1. The molecule has 0 radical (unpaired) electrons. The van der Waals surface area contributed by atoms with Gasteiger partial charge in [0.1, 0.15) is 5.75 Å². The van der Waals surface area contributed by atoms with Crippen LogP contribution in [0.3, 0.4) is 0 Å². The number of hydrogen-bond donors (Lipinski definition) is 1. The number of primary amides is 1. The molecule has 7 heteroatoms. The van der Waals surface area contributed by atoms with Crippen LogP contribution in [0.4, 0.5) is 0 Å². The Bertz CT molecular complexity index is 912. The Balaban J connectivity index is 1.74. The minimum absolute atomic E-state index is 0.0852. The van der Waals surface area contributed by atoms with Crippen LogP contribution >= 0.6 is 11.3 Å². The Morgan fingerprint density at radius 1 is 1.24 bits per heavy atom. The first-order valence-electron chi connectivity index (χ1n) is 7.62. The van der Waals surface area contributed by atoms with E-state index in [0.29, 0.717) is 16.9 Å². The molecular weight excluding hydrogens is 338 g/mol. The second-order valence-electron chi connectivity index (χ2n) is 5.54. The molecule has 2 N–H and O–H groups in total. The lowest BCUT2D eigenvalue weighted by Crippen LogP contribution is -2.13. The standard InChI is InChI=1S/C18H17N3O3S/c1-11-9-15(12(2)21(11)18-20-7-8-25-18)16(22)10-24-14-5-3-13(4-6-14)17(19)23/h3-9H,10H2,1-2H3,(H2,19,23). The fourth-order valence-electron chi connectivity index (χ4n) is 2.61. The fourth-order valence-corrected chi connectivity index (χ4v) is 3.36. The molecule has 128 valence electrons. The Labute approximate surface area is 148 Å². The number of rotatable bonds is 6. The maximum Gasteiger partial charge on any atom is 0.248 e. The van der Waals surface area contributed by atoms with E-state index in [-0.39, 0.29) is 12.4 Å². The number of thiazole rings is 1. The van der Waals surface area contributed by atoms with Crippen LogP contribution in [0.5, 0.6) is 5.75 Å². The fraction of sp³-hybridized carbons (Fsp3) is 0.167. The minimum Gasteiger partial charge on any atom is -0.485 e. The van der Waals surface area contributed by atoms with Gasteiger partial charge in [-0.25, -0.2) is 4.98 Å². The number of aromatic nitrogens is 2. The number of ether oxygens (including phenoxy) is 1. The van der Waals surface area contributed by atoms with E-state index in [0.717, 1.165) is 16.5 Å². The van der Waals surface area contributed by atoms with Gasteiger partial charge in [0.15, 0.2) is 11.7 Å². The van der Waals surface area contributed by atoms with E-state index in [1.807, 2.05) is 29.9 Å². The molecule has 3 rings (SSSR count). The lowest BCUT2D eigenvalue weighted by atomic mass is 10.1. The smallest absolute Gasteiger partial charge is 0.248 e. The molecule has 2 aromatic heterocycles. The summed E-state index contributed by atoms with van der Waals surface area (Å²) in [6, 6.07) is 8.21. The van der Waals surface area contributed by atoms with Gasteiger partial charge in [0.05, 0.1) is 0 Å². The lowest BCUT2D eigenvalue weighted by molar-refractivity contribution is 0.0919. The van der Waals surface area contributed by atoms with Crippen LogP contribution in [-0.4, -0.2) is 27.8 Å². The molecule has 0 saturated heterocycles. The van der Waals surface area contributed by atoms with Gasteiger partial charge >= 0.3 is 0 Å². The molecule has 6 nitrogen and oxygen atoms in total. The molecule has 0 fully saturated rings. The molecule has 0 aliphatic carbocycles. The van der Waals surface area contributed by atoms with Crippen molar-refractivity contribution >= 4 is 23.0 Å². The van der Waals surface area contributed by atoms with E-state index in [4.69, 9.17) is 10.5 Å². The Morgan fingerprint density at radius 3 is 2.56 bits per heavy atom. The van der Waals surface area contributed by atoms with Gasteiger partial charge in [-0.15, -0.1) is 11.3 Å². The first kappa shape index (κ1) is 16.9. The van der Waals surface area contributed by atoms with Gasteiger partial charge in [0.2, 0.25) is 11.7 Å². The summed E-state index contributed by atoms with van der Waals surface area (Å²) in [5.74, 6) is -0.112. The molecule has 25 heavy (non-hydrogen) atoms. The van der Waals surface area contributed by atoms with Crippen LogP contribution in [0.15, 0.2) is 41.9 Å². The molecule has 0 spiro atoms. The quantitative estimate of drug-likeness (QED) is 0.689. The van der Waals surface area contributed by atoms with Gasteiger partial charge in [-0.3, -0.25) is 14.2 Å². The molecule has 0 aliphatic rings. The maximum atomic E-state index is 12.5. The third kappa shape index (κ3) is 3.46. The lowest BCUT2D eigenvalue weighted by Gasteiger charge is -2.07. The molecule has 2 heterocycles. The highest BCUT2D eigenvalue weighted by molar-refractivity contribution is 7.12. The topological polar surface area (TPSA) is 87.2 Å². The number of ketones is 1. The molecule has 0 bridgehead atoms. The van der Waals surface area contributed by atoms with E-state index < -0.39 is 5.91 Å². The third-order valence-electron chi connectivity index (χ3n) is 3.85. The van der Waals surface area contributed by atoms with E-state index in [2.05, 4.69) is 4.98 Å². The molecule has 0 saturated carbocycles. The zero-order chi connectivity index (χ0) is 18.0. The van der Waals surface area contributed by atoms with Crippen LogP contribution in [0.25, 0.3) is 5.13 Å². The summed E-state index contributed by atoms with van der Waals surface area (Å²) >= 11 is 1.51. The predicted molar refractivity (Wildman–Crippen MR) is 95.7 cm³/mol. The normalized spacial score (nSPS) is 10.6. The highest BCUT2D eigenvalue weighted by Crippen LogP contribution is 2.23. The van der Waals surface area contributed by atoms with Gasteiger partial charge in [-0.1, -0.05) is 0 Å². The zero-order valence-electron chi connectivity index (χ0n) is 13.9. The van der Waals surface area contributed by atoms with E-state index in [1.54, 1.807) is 30.5 Å². The summed E-state index contributed by atoms with van der Waals surface area (Å²) in [4.78, 5) is 27.9. The van der Waals surface area contributed by atoms with E-state index in [9.17, 15) is 9.59 Å². The summed E-state index contributed by atoms with van der Waals surface area (Å²) in [7, 11) is 0.